The Morgan fingerprint density at radius 3 is 2.00 bits per heavy atom. The van der Waals surface area contributed by atoms with E-state index >= 15 is 0 Å². The molecule has 217 valence electrons. The molecule has 5 heterocycles. The van der Waals surface area contributed by atoms with Crippen LogP contribution < -0.4 is 9.97 Å². The van der Waals surface area contributed by atoms with Crippen LogP contribution in [0.3, 0.4) is 0 Å². The van der Waals surface area contributed by atoms with E-state index in [0.29, 0.717) is 0 Å². The summed E-state index contributed by atoms with van der Waals surface area (Å²) >= 11 is 0. The summed E-state index contributed by atoms with van der Waals surface area (Å²) < 4.78 is 0. The summed E-state index contributed by atoms with van der Waals surface area (Å²) in [4.78, 5) is 20.6. The first kappa shape index (κ1) is 28.9. The van der Waals surface area contributed by atoms with Crippen LogP contribution >= 0.6 is 0 Å². The van der Waals surface area contributed by atoms with Gasteiger partial charge in [-0.3, -0.25) is 4.98 Å². The summed E-state index contributed by atoms with van der Waals surface area (Å²) in [5, 5.41) is 0. The monoisotopic (exact) mass is 609 g/mol. The molecule has 2 aliphatic rings. The van der Waals surface area contributed by atoms with E-state index in [4.69, 9.17) is 19.9 Å². The maximum absolute atomic E-state index is 5.31. The van der Waals surface area contributed by atoms with Gasteiger partial charge in [-0.25, -0.2) is 4.98 Å². The van der Waals surface area contributed by atoms with Crippen LogP contribution in [-0.2, 0) is 28.9 Å². The van der Waals surface area contributed by atoms with E-state index in [1.807, 2.05) is 0 Å². The Hall–Kier alpha value is -4.18. The van der Waals surface area contributed by atoms with Gasteiger partial charge in [0.05, 0.1) is 11.4 Å². The minimum Gasteiger partial charge on any atom is -0.657 e. The van der Waals surface area contributed by atoms with E-state index in [0.717, 1.165) is 68.0 Å². The molecule has 2 aliphatic heterocycles. The van der Waals surface area contributed by atoms with E-state index in [2.05, 4.69) is 126 Å². The molecule has 0 atom stereocenters. The number of nitrogens with zero attached hydrogens (tertiary/aromatic N) is 4. The van der Waals surface area contributed by atoms with Gasteiger partial charge in [-0.2, -0.15) is 0 Å². The van der Waals surface area contributed by atoms with E-state index in [9.17, 15) is 0 Å². The Bertz CT molecular complexity index is 2050. The summed E-state index contributed by atoms with van der Waals surface area (Å²) in [6, 6.07) is 25.8. The molecule has 0 spiro atoms. The van der Waals surface area contributed by atoms with Gasteiger partial charge in [-0.1, -0.05) is 91.7 Å². The Morgan fingerprint density at radius 2 is 1.28 bits per heavy atom. The number of hydrogen-bond donors (Lipinski definition) is 0. The van der Waals surface area contributed by atoms with Crippen LogP contribution in [0.25, 0.3) is 56.5 Å². The van der Waals surface area contributed by atoms with Gasteiger partial charge in [0, 0.05) is 23.2 Å². The van der Waals surface area contributed by atoms with Gasteiger partial charge in [-0.15, -0.1) is 22.1 Å². The molecule has 0 saturated carbocycles. The molecular formula is C38H34CuN4. The third kappa shape index (κ3) is 5.29. The quantitative estimate of drug-likeness (QED) is 0.184. The van der Waals surface area contributed by atoms with Gasteiger partial charge in [0.25, 0.3) is 0 Å². The average molecular weight is 610 g/mol. The van der Waals surface area contributed by atoms with E-state index in [1.54, 1.807) is 0 Å². The van der Waals surface area contributed by atoms with Crippen molar-refractivity contribution < 1.29 is 17.1 Å². The van der Waals surface area contributed by atoms with E-state index < -0.39 is 0 Å². The van der Waals surface area contributed by atoms with E-state index in [-0.39, 0.29) is 22.5 Å². The van der Waals surface area contributed by atoms with Gasteiger partial charge in [0.15, 0.2) is 0 Å². The maximum atomic E-state index is 5.31. The summed E-state index contributed by atoms with van der Waals surface area (Å²) in [6.07, 6.45) is 5.08. The van der Waals surface area contributed by atoms with Crippen LogP contribution in [0, 0.1) is 27.7 Å². The summed E-state index contributed by atoms with van der Waals surface area (Å²) in [5.41, 5.74) is 16.7. The number of benzene rings is 2. The van der Waals surface area contributed by atoms with Crippen LogP contribution in [0.1, 0.15) is 58.9 Å². The minimum atomic E-state index is -0.0903. The molecule has 0 unspecified atom stereocenters. The molecule has 3 aromatic heterocycles. The predicted molar refractivity (Wildman–Crippen MR) is 174 cm³/mol. The van der Waals surface area contributed by atoms with E-state index in [1.165, 1.54) is 27.8 Å². The van der Waals surface area contributed by atoms with Gasteiger partial charge in [0.2, 0.25) is 0 Å². The first-order chi connectivity index (χ1) is 20.1. The van der Waals surface area contributed by atoms with Gasteiger partial charge < -0.3 is 9.97 Å². The largest absolute Gasteiger partial charge is 2.00 e. The zero-order valence-electron chi connectivity index (χ0n) is 25.4. The molecule has 5 heteroatoms. The molecule has 0 aliphatic carbocycles. The Balaban J connectivity index is 0.00000329. The minimum absolute atomic E-state index is 0. The molecular weight excluding hydrogens is 576 g/mol. The van der Waals surface area contributed by atoms with Crippen molar-refractivity contribution in [3.63, 3.8) is 0 Å². The SMILES string of the molecule is Cc1ccc(-c2c3ccc(cc4nc(cc5nc(c(-c6c(C)cc(C)cc6C)c6ccc2[n-]6)C=C5)CC4(C)C)[n-]3)cc1.[Cu+2]. The van der Waals surface area contributed by atoms with Crippen LogP contribution in [0.5, 0.6) is 0 Å². The van der Waals surface area contributed by atoms with Crippen LogP contribution in [0.4, 0.5) is 0 Å². The van der Waals surface area contributed by atoms with Crippen LogP contribution in [0.15, 0.2) is 72.8 Å². The fourth-order valence-electron chi connectivity index (χ4n) is 6.46. The second-order valence-electron chi connectivity index (χ2n) is 12.5. The summed E-state index contributed by atoms with van der Waals surface area (Å²) in [7, 11) is 0. The van der Waals surface area contributed by atoms with Crippen molar-refractivity contribution in [2.24, 2.45) is 0 Å². The maximum Gasteiger partial charge on any atom is 2.00 e. The smallest absolute Gasteiger partial charge is 0.657 e. The number of rotatable bonds is 2. The molecule has 4 nitrogen and oxygen atoms in total. The molecule has 0 saturated heterocycles. The zero-order valence-corrected chi connectivity index (χ0v) is 26.3. The normalized spacial score (nSPS) is 13.6. The molecule has 8 bridgehead atoms. The van der Waals surface area contributed by atoms with Crippen molar-refractivity contribution in [1.82, 2.24) is 19.9 Å². The van der Waals surface area contributed by atoms with Gasteiger partial charge in [-0.05, 0) is 79.3 Å². The second kappa shape index (κ2) is 10.8. The fraction of sp³-hybridized carbons (Fsp3) is 0.211. The molecule has 7 rings (SSSR count). The second-order valence-corrected chi connectivity index (χ2v) is 12.5. The molecule has 0 amide bonds. The molecule has 43 heavy (non-hydrogen) atoms. The third-order valence-electron chi connectivity index (χ3n) is 8.43. The molecule has 0 N–H and O–H groups in total. The Labute approximate surface area is 263 Å². The molecule has 1 radical (unpaired) electrons. The molecule has 2 aromatic carbocycles. The van der Waals surface area contributed by atoms with Gasteiger partial charge in [0.1, 0.15) is 0 Å². The molecule has 5 aromatic rings. The predicted octanol–water partition coefficient (Wildman–Crippen LogP) is 8.83. The van der Waals surface area contributed by atoms with Gasteiger partial charge >= 0.3 is 17.1 Å². The third-order valence-corrected chi connectivity index (χ3v) is 8.43. The first-order valence-corrected chi connectivity index (χ1v) is 14.6. The first-order valence-electron chi connectivity index (χ1n) is 14.6. The fourth-order valence-corrected chi connectivity index (χ4v) is 6.46. The number of aryl methyl sites for hydroxylation is 4. The summed E-state index contributed by atoms with van der Waals surface area (Å²) in [6.45, 7) is 13.1. The average Bonchev–Trinajstić information content (AvgIpc) is 3.72. The van der Waals surface area contributed by atoms with Crippen molar-refractivity contribution in [2.75, 3.05) is 0 Å². The standard InChI is InChI=1S/C38H34N4.Cu/c1-22-7-9-26(10-8-22)36-30-13-12-28(40-30)20-34-38(5,6)21-29(41-34)19-27-11-14-32(39-27)37(33-16-15-31(36)42-33)35-24(3)17-23(2)18-25(35)4;/h7-20H,21H2,1-6H3;/q-2;+2. The van der Waals surface area contributed by atoms with Crippen molar-refractivity contribution >= 4 is 34.2 Å². The molecule has 0 fully saturated rings. The van der Waals surface area contributed by atoms with Crippen molar-refractivity contribution in [3.05, 3.63) is 118 Å². The topological polar surface area (TPSA) is 54.0 Å². The Morgan fingerprint density at radius 1 is 0.628 bits per heavy atom. The van der Waals surface area contributed by atoms with Crippen molar-refractivity contribution in [1.29, 1.82) is 0 Å². The van der Waals surface area contributed by atoms with Crippen LogP contribution in [0.2, 0.25) is 0 Å². The van der Waals surface area contributed by atoms with Crippen molar-refractivity contribution in [3.8, 4) is 22.3 Å². The van der Waals surface area contributed by atoms with Crippen LogP contribution in [-0.4, -0.2) is 9.97 Å². The number of hydrogen-bond acceptors (Lipinski definition) is 2. The zero-order chi connectivity index (χ0) is 29.2. The summed E-state index contributed by atoms with van der Waals surface area (Å²) in [5.74, 6) is 0. The Kier molecular flexibility index (Phi) is 7.28. The number of fused-ring (bicyclic) bond motifs is 8. The number of aromatic nitrogens is 4. The van der Waals surface area contributed by atoms with Crippen molar-refractivity contribution in [2.45, 2.75) is 53.4 Å².